The molecule has 0 saturated carbocycles. The molecule has 2 atom stereocenters. The number of methoxy groups -OCH3 is 1. The van der Waals surface area contributed by atoms with Gasteiger partial charge in [-0.1, -0.05) is 26.2 Å². The molecule has 0 radical (unpaired) electrons. The van der Waals surface area contributed by atoms with E-state index in [1.54, 1.807) is 0 Å². The van der Waals surface area contributed by atoms with Gasteiger partial charge in [-0.15, -0.1) is 12.4 Å². The number of rotatable bonds is 6. The zero-order valence-electron chi connectivity index (χ0n) is 12.1. The molecule has 0 aliphatic carbocycles. The average molecular weight is 291 g/mol. The number of esters is 1. The smallest absolute Gasteiger partial charge is 0.308 e. The van der Waals surface area contributed by atoms with Crippen LogP contribution in [0.25, 0.3) is 0 Å². The highest BCUT2D eigenvalue weighted by atomic mass is 35.5. The van der Waals surface area contributed by atoms with Crippen molar-refractivity contribution in [1.29, 1.82) is 0 Å². The van der Waals surface area contributed by atoms with E-state index in [4.69, 9.17) is 10.5 Å². The Morgan fingerprint density at radius 2 is 2.21 bits per heavy atom. The fourth-order valence-electron chi connectivity index (χ4n) is 2.41. The Hall–Kier alpha value is -0.770. The summed E-state index contributed by atoms with van der Waals surface area (Å²) in [6.07, 6.45) is 8.68. The van der Waals surface area contributed by atoms with E-state index in [-0.39, 0.29) is 24.3 Å². The number of nitrogens with two attached hydrogens (primary N) is 1. The van der Waals surface area contributed by atoms with Crippen LogP contribution < -0.4 is 5.73 Å². The number of hydrogen-bond acceptors (Lipinski definition) is 4. The molecule has 4 nitrogen and oxygen atoms in total. The van der Waals surface area contributed by atoms with Crippen LogP contribution in [0.3, 0.4) is 0 Å². The highest BCUT2D eigenvalue weighted by Gasteiger charge is 2.14. The number of carbonyl (C=O) groups excluding carboxylic acids is 1. The van der Waals surface area contributed by atoms with Crippen LogP contribution >= 0.6 is 12.4 Å². The first-order valence-electron chi connectivity index (χ1n) is 7.03. The predicted octanol–water partition coefficient (Wildman–Crippen LogP) is 3.08. The molecule has 19 heavy (non-hydrogen) atoms. The lowest BCUT2D eigenvalue weighted by Crippen LogP contribution is -2.14. The second-order valence-corrected chi connectivity index (χ2v) is 5.23. The van der Waals surface area contributed by atoms with Crippen LogP contribution in [0.4, 0.5) is 0 Å². The molecule has 5 heteroatoms. The van der Waals surface area contributed by atoms with Gasteiger partial charge in [0, 0.05) is 6.42 Å². The minimum Gasteiger partial charge on any atom is -0.469 e. The molecule has 0 amide bonds. The van der Waals surface area contributed by atoms with Crippen molar-refractivity contribution in [1.82, 2.24) is 0 Å². The van der Waals surface area contributed by atoms with Gasteiger partial charge in [-0.05, 0) is 25.7 Å². The Balaban J connectivity index is 0.00000324. The van der Waals surface area contributed by atoms with Gasteiger partial charge in [0.1, 0.15) is 0 Å². The average Bonchev–Trinajstić information content (AvgIpc) is 2.57. The zero-order valence-corrected chi connectivity index (χ0v) is 12.9. The highest BCUT2D eigenvalue weighted by Crippen LogP contribution is 2.19. The van der Waals surface area contributed by atoms with E-state index in [1.807, 2.05) is 6.92 Å². The molecule has 0 aromatic heterocycles. The Kier molecular flexibility index (Phi) is 9.66. The van der Waals surface area contributed by atoms with Gasteiger partial charge in [0.05, 0.1) is 24.9 Å². The summed E-state index contributed by atoms with van der Waals surface area (Å²) in [7, 11) is 1.45. The van der Waals surface area contributed by atoms with Crippen LogP contribution in [-0.2, 0) is 9.53 Å². The van der Waals surface area contributed by atoms with Crippen LogP contribution in [0, 0.1) is 5.92 Å². The molecule has 1 heterocycles. The first-order chi connectivity index (χ1) is 8.63. The lowest BCUT2D eigenvalue weighted by Gasteiger charge is -2.12. The van der Waals surface area contributed by atoms with Gasteiger partial charge in [-0.2, -0.15) is 0 Å². The van der Waals surface area contributed by atoms with Gasteiger partial charge in [0.15, 0.2) is 0 Å². The van der Waals surface area contributed by atoms with Crippen molar-refractivity contribution in [2.45, 2.75) is 64.3 Å². The number of carbonyl (C=O) groups is 1. The molecule has 0 aromatic rings. The monoisotopic (exact) mass is 290 g/mol. The largest absolute Gasteiger partial charge is 0.469 e. The van der Waals surface area contributed by atoms with Crippen molar-refractivity contribution < 1.29 is 9.53 Å². The van der Waals surface area contributed by atoms with Crippen LogP contribution in [-0.4, -0.2) is 25.0 Å². The van der Waals surface area contributed by atoms with Crippen LogP contribution in [0.5, 0.6) is 0 Å². The van der Waals surface area contributed by atoms with E-state index in [0.29, 0.717) is 6.04 Å². The topological polar surface area (TPSA) is 64.7 Å². The van der Waals surface area contributed by atoms with Gasteiger partial charge in [0.25, 0.3) is 0 Å². The van der Waals surface area contributed by atoms with Crippen molar-refractivity contribution in [2.24, 2.45) is 16.6 Å². The fourth-order valence-corrected chi connectivity index (χ4v) is 2.41. The minimum absolute atomic E-state index is 0. The highest BCUT2D eigenvalue weighted by molar-refractivity contribution is 5.85. The summed E-state index contributed by atoms with van der Waals surface area (Å²) in [5.74, 6) is 0.727. The number of hydrogen-bond donors (Lipinski definition) is 1. The Labute approximate surface area is 122 Å². The third-order valence-corrected chi connectivity index (χ3v) is 3.60. The number of ether oxygens (including phenoxy) is 1. The van der Waals surface area contributed by atoms with Crippen LogP contribution in [0.1, 0.15) is 58.3 Å². The molecule has 2 N–H and O–H groups in total. The number of halogens is 1. The summed E-state index contributed by atoms with van der Waals surface area (Å²) in [5, 5.41) is 0. The first-order valence-corrected chi connectivity index (χ1v) is 7.03. The van der Waals surface area contributed by atoms with Crippen molar-refractivity contribution in [3.63, 3.8) is 0 Å². The van der Waals surface area contributed by atoms with E-state index in [9.17, 15) is 4.79 Å². The predicted molar refractivity (Wildman–Crippen MR) is 80.8 cm³/mol. The van der Waals surface area contributed by atoms with Gasteiger partial charge >= 0.3 is 5.97 Å². The normalized spacial score (nSPS) is 20.7. The second-order valence-electron chi connectivity index (χ2n) is 5.23. The zero-order chi connectivity index (χ0) is 13.4. The Morgan fingerprint density at radius 1 is 1.47 bits per heavy atom. The quantitative estimate of drug-likeness (QED) is 0.604. The van der Waals surface area contributed by atoms with Gasteiger partial charge in [-0.25, -0.2) is 0 Å². The summed E-state index contributed by atoms with van der Waals surface area (Å²) in [6, 6.07) is 0.404. The molecule has 1 rings (SSSR count). The molecular weight excluding hydrogens is 264 g/mol. The summed E-state index contributed by atoms with van der Waals surface area (Å²) in [4.78, 5) is 15.8. The standard InChI is InChI=1S/C14H26N2O2.ClH/c1-11(14(17)18-2)7-3-4-8-12-9-5-6-10-13(15)16-12;/h11-12H,3-10H2,1-2H3,(H2,15,16);1H/t11-,12-;/m1./s1. The van der Waals surface area contributed by atoms with Crippen molar-refractivity contribution in [2.75, 3.05) is 7.11 Å². The Morgan fingerprint density at radius 3 is 2.89 bits per heavy atom. The third kappa shape index (κ3) is 7.41. The van der Waals surface area contributed by atoms with Gasteiger partial charge < -0.3 is 10.5 Å². The van der Waals surface area contributed by atoms with Crippen molar-refractivity contribution in [3.8, 4) is 0 Å². The van der Waals surface area contributed by atoms with E-state index in [1.165, 1.54) is 20.0 Å². The number of aliphatic imine (C=N–C) groups is 1. The fraction of sp³-hybridized carbons (Fsp3) is 0.857. The van der Waals surface area contributed by atoms with E-state index >= 15 is 0 Å². The number of nitrogens with zero attached hydrogens (tertiary/aromatic N) is 1. The summed E-state index contributed by atoms with van der Waals surface area (Å²) >= 11 is 0. The molecule has 0 saturated heterocycles. The maximum absolute atomic E-state index is 11.2. The second kappa shape index (κ2) is 10.1. The minimum atomic E-state index is -0.105. The van der Waals surface area contributed by atoms with Crippen molar-refractivity contribution >= 4 is 24.2 Å². The van der Waals surface area contributed by atoms with Gasteiger partial charge in [-0.3, -0.25) is 9.79 Å². The third-order valence-electron chi connectivity index (χ3n) is 3.60. The van der Waals surface area contributed by atoms with Crippen LogP contribution in [0.2, 0.25) is 0 Å². The molecule has 112 valence electrons. The summed E-state index contributed by atoms with van der Waals surface area (Å²) in [6.45, 7) is 1.92. The van der Waals surface area contributed by atoms with Crippen molar-refractivity contribution in [3.05, 3.63) is 0 Å². The van der Waals surface area contributed by atoms with E-state index in [0.717, 1.165) is 44.4 Å². The summed E-state index contributed by atoms with van der Waals surface area (Å²) in [5.41, 5.74) is 5.82. The lowest BCUT2D eigenvalue weighted by atomic mass is 10.00. The maximum atomic E-state index is 11.2. The van der Waals surface area contributed by atoms with E-state index in [2.05, 4.69) is 4.99 Å². The SMILES string of the molecule is COC(=O)[C@H](C)CCCC[C@@H]1CCCCC(N)=N1.Cl. The van der Waals surface area contributed by atoms with Gasteiger partial charge in [0.2, 0.25) is 0 Å². The molecule has 0 bridgehead atoms. The Bertz CT molecular complexity index is 295. The molecule has 1 aliphatic heterocycles. The van der Waals surface area contributed by atoms with E-state index < -0.39 is 0 Å². The summed E-state index contributed by atoms with van der Waals surface area (Å²) < 4.78 is 4.71. The van der Waals surface area contributed by atoms with Crippen LogP contribution in [0.15, 0.2) is 4.99 Å². The maximum Gasteiger partial charge on any atom is 0.308 e. The molecule has 0 spiro atoms. The molecule has 0 aromatic carbocycles. The molecular formula is C14H27ClN2O2. The molecule has 0 fully saturated rings. The molecule has 1 aliphatic rings. The number of amidine groups is 1. The number of unbranched alkanes of at least 4 members (excludes halogenated alkanes) is 1. The molecule has 0 unspecified atom stereocenters. The first kappa shape index (κ1) is 18.2. The lowest BCUT2D eigenvalue weighted by molar-refractivity contribution is -0.145.